The summed E-state index contributed by atoms with van der Waals surface area (Å²) in [6.45, 7) is 6.94. The molecule has 0 aliphatic carbocycles. The van der Waals surface area contributed by atoms with Crippen molar-refractivity contribution in [1.82, 2.24) is 0 Å². The lowest BCUT2D eigenvalue weighted by molar-refractivity contribution is 0.0846. The van der Waals surface area contributed by atoms with Gasteiger partial charge in [0.15, 0.2) is 0 Å². The molecule has 18 heavy (non-hydrogen) atoms. The summed E-state index contributed by atoms with van der Waals surface area (Å²) >= 11 is 0. The van der Waals surface area contributed by atoms with Gasteiger partial charge in [-0.1, -0.05) is 6.07 Å². The molecule has 1 N–H and O–H groups in total. The highest BCUT2D eigenvalue weighted by Gasteiger charge is 2.10. The largest absolute Gasteiger partial charge is 0.385 e. The molecule has 2 rings (SSSR count). The first-order valence-electron chi connectivity index (χ1n) is 6.86. The topological polar surface area (TPSA) is 24.5 Å². The summed E-state index contributed by atoms with van der Waals surface area (Å²) in [5, 5.41) is 3.47. The van der Waals surface area contributed by atoms with Crippen molar-refractivity contribution in [2.75, 3.05) is 37.0 Å². The van der Waals surface area contributed by atoms with Crippen molar-refractivity contribution in [2.24, 2.45) is 0 Å². The Kier molecular flexibility index (Phi) is 4.48. The van der Waals surface area contributed by atoms with Crippen LogP contribution in [0.15, 0.2) is 18.2 Å². The summed E-state index contributed by atoms with van der Waals surface area (Å²) < 4.78 is 5.59. The van der Waals surface area contributed by atoms with Crippen LogP contribution in [0.1, 0.15) is 25.8 Å². The first-order valence-corrected chi connectivity index (χ1v) is 6.86. The molecule has 0 atom stereocenters. The van der Waals surface area contributed by atoms with Gasteiger partial charge in [-0.15, -0.1) is 0 Å². The van der Waals surface area contributed by atoms with E-state index in [0.717, 1.165) is 19.7 Å². The molecule has 0 bridgehead atoms. The van der Waals surface area contributed by atoms with Crippen molar-refractivity contribution in [2.45, 2.75) is 32.8 Å². The van der Waals surface area contributed by atoms with Crippen molar-refractivity contribution in [3.8, 4) is 0 Å². The molecule has 3 heteroatoms. The monoisotopic (exact) mass is 248 g/mol. The van der Waals surface area contributed by atoms with E-state index in [1.54, 1.807) is 0 Å². The van der Waals surface area contributed by atoms with E-state index in [1.165, 1.54) is 29.8 Å². The van der Waals surface area contributed by atoms with Gasteiger partial charge in [-0.25, -0.2) is 0 Å². The van der Waals surface area contributed by atoms with Gasteiger partial charge >= 0.3 is 0 Å². The van der Waals surface area contributed by atoms with Gasteiger partial charge in [-0.3, -0.25) is 0 Å². The first kappa shape index (κ1) is 13.2. The molecule has 0 saturated carbocycles. The molecule has 0 radical (unpaired) electrons. The second-order valence-corrected chi connectivity index (χ2v) is 5.21. The Morgan fingerprint density at radius 2 is 2.22 bits per heavy atom. The molecule has 1 aliphatic rings. The first-order chi connectivity index (χ1) is 8.66. The fraction of sp³-hybridized carbons (Fsp3) is 0.600. The van der Waals surface area contributed by atoms with Gasteiger partial charge in [0.2, 0.25) is 0 Å². The minimum absolute atomic E-state index is 0.309. The lowest BCUT2D eigenvalue weighted by Crippen LogP contribution is -2.24. The summed E-state index contributed by atoms with van der Waals surface area (Å²) in [6.07, 6.45) is 2.75. The average Bonchev–Trinajstić information content (AvgIpc) is 2.37. The van der Waals surface area contributed by atoms with Gasteiger partial charge in [-0.2, -0.15) is 0 Å². The molecule has 0 fully saturated rings. The van der Waals surface area contributed by atoms with Gasteiger partial charge in [0, 0.05) is 31.5 Å². The molecule has 0 aromatic heterocycles. The quantitative estimate of drug-likeness (QED) is 0.867. The fourth-order valence-electron chi connectivity index (χ4n) is 2.24. The van der Waals surface area contributed by atoms with Crippen LogP contribution in [0.4, 0.5) is 11.4 Å². The number of benzene rings is 1. The molecule has 0 unspecified atom stereocenters. The van der Waals surface area contributed by atoms with Crippen molar-refractivity contribution in [3.63, 3.8) is 0 Å². The Morgan fingerprint density at radius 1 is 1.39 bits per heavy atom. The molecular weight excluding hydrogens is 224 g/mol. The van der Waals surface area contributed by atoms with E-state index in [0.29, 0.717) is 6.10 Å². The van der Waals surface area contributed by atoms with Gasteiger partial charge in [0.25, 0.3) is 0 Å². The standard InChI is InChI=1S/C15H24N2O/c1-12(2)18-10-9-17(3)14-7-6-13-5-4-8-16-15(13)11-14/h6-7,11-12,16H,4-5,8-10H2,1-3H3. The number of ether oxygens (including phenoxy) is 1. The number of fused-ring (bicyclic) bond motifs is 1. The molecule has 1 aliphatic heterocycles. The lowest BCUT2D eigenvalue weighted by Gasteiger charge is -2.24. The maximum atomic E-state index is 5.59. The van der Waals surface area contributed by atoms with Crippen LogP contribution in [-0.4, -0.2) is 32.8 Å². The Morgan fingerprint density at radius 3 is 3.00 bits per heavy atom. The van der Waals surface area contributed by atoms with Crippen LogP contribution in [0.25, 0.3) is 0 Å². The summed E-state index contributed by atoms with van der Waals surface area (Å²) in [5.74, 6) is 0. The second kappa shape index (κ2) is 6.10. The lowest BCUT2D eigenvalue weighted by atomic mass is 10.0. The predicted molar refractivity (Wildman–Crippen MR) is 77.6 cm³/mol. The van der Waals surface area contributed by atoms with Crippen LogP contribution in [0.5, 0.6) is 0 Å². The predicted octanol–water partition coefficient (Wildman–Crippen LogP) is 2.91. The number of rotatable bonds is 5. The minimum Gasteiger partial charge on any atom is -0.385 e. The van der Waals surface area contributed by atoms with Crippen LogP contribution in [0.3, 0.4) is 0 Å². The third-order valence-corrected chi connectivity index (χ3v) is 3.35. The SMILES string of the molecule is CC(C)OCCN(C)c1ccc2c(c1)NCCC2. The molecule has 3 nitrogen and oxygen atoms in total. The molecule has 0 spiro atoms. The van der Waals surface area contributed by atoms with Crippen molar-refractivity contribution < 1.29 is 4.74 Å². The third kappa shape index (κ3) is 3.39. The number of nitrogens with zero attached hydrogens (tertiary/aromatic N) is 1. The van der Waals surface area contributed by atoms with Crippen molar-refractivity contribution in [3.05, 3.63) is 23.8 Å². The number of nitrogens with one attached hydrogen (secondary N) is 1. The zero-order chi connectivity index (χ0) is 13.0. The van der Waals surface area contributed by atoms with E-state index in [-0.39, 0.29) is 0 Å². The van der Waals surface area contributed by atoms with Gasteiger partial charge in [0.1, 0.15) is 0 Å². The molecule has 0 amide bonds. The van der Waals surface area contributed by atoms with Crippen LogP contribution in [-0.2, 0) is 11.2 Å². The van der Waals surface area contributed by atoms with E-state index < -0.39 is 0 Å². The van der Waals surface area contributed by atoms with Crippen LogP contribution in [0, 0.1) is 0 Å². The smallest absolute Gasteiger partial charge is 0.0644 e. The number of hydrogen-bond acceptors (Lipinski definition) is 3. The van der Waals surface area contributed by atoms with Crippen molar-refractivity contribution >= 4 is 11.4 Å². The minimum atomic E-state index is 0.309. The number of likely N-dealkylation sites (N-methyl/N-ethyl adjacent to an activating group) is 1. The van der Waals surface area contributed by atoms with E-state index in [4.69, 9.17) is 4.74 Å². The Labute approximate surface area is 110 Å². The van der Waals surface area contributed by atoms with Gasteiger partial charge in [0.05, 0.1) is 12.7 Å². The molecular formula is C15H24N2O. The zero-order valence-corrected chi connectivity index (χ0v) is 11.7. The normalized spacial score (nSPS) is 14.2. The zero-order valence-electron chi connectivity index (χ0n) is 11.7. The Hall–Kier alpha value is -1.22. The summed E-state index contributed by atoms with van der Waals surface area (Å²) in [6, 6.07) is 6.71. The van der Waals surface area contributed by atoms with E-state index in [1.807, 2.05) is 0 Å². The number of anilines is 2. The highest BCUT2D eigenvalue weighted by atomic mass is 16.5. The summed E-state index contributed by atoms with van der Waals surface area (Å²) in [5.41, 5.74) is 4.00. The van der Waals surface area contributed by atoms with Crippen molar-refractivity contribution in [1.29, 1.82) is 0 Å². The van der Waals surface area contributed by atoms with Gasteiger partial charge < -0.3 is 15.0 Å². The number of aryl methyl sites for hydroxylation is 1. The molecule has 1 heterocycles. The third-order valence-electron chi connectivity index (χ3n) is 3.35. The number of hydrogen-bond donors (Lipinski definition) is 1. The van der Waals surface area contributed by atoms with Gasteiger partial charge in [-0.05, 0) is 44.4 Å². The van der Waals surface area contributed by atoms with E-state index >= 15 is 0 Å². The van der Waals surface area contributed by atoms with Crippen LogP contribution >= 0.6 is 0 Å². The summed E-state index contributed by atoms with van der Waals surface area (Å²) in [7, 11) is 2.12. The fourth-order valence-corrected chi connectivity index (χ4v) is 2.24. The molecule has 100 valence electrons. The van der Waals surface area contributed by atoms with E-state index in [2.05, 4.69) is 49.3 Å². The van der Waals surface area contributed by atoms with Crippen LogP contribution in [0.2, 0.25) is 0 Å². The van der Waals surface area contributed by atoms with E-state index in [9.17, 15) is 0 Å². The second-order valence-electron chi connectivity index (χ2n) is 5.21. The molecule has 1 aromatic carbocycles. The maximum absolute atomic E-state index is 5.59. The highest BCUT2D eigenvalue weighted by Crippen LogP contribution is 2.26. The Balaban J connectivity index is 1.95. The molecule has 0 saturated heterocycles. The van der Waals surface area contributed by atoms with Crippen LogP contribution < -0.4 is 10.2 Å². The Bertz CT molecular complexity index is 390. The average molecular weight is 248 g/mol. The molecule has 1 aromatic rings. The summed E-state index contributed by atoms with van der Waals surface area (Å²) in [4.78, 5) is 2.25. The maximum Gasteiger partial charge on any atom is 0.0644 e. The highest BCUT2D eigenvalue weighted by molar-refractivity contribution is 5.63.